The van der Waals surface area contributed by atoms with Gasteiger partial charge in [-0.25, -0.2) is 4.98 Å². The molecule has 2 heterocycles. The predicted octanol–water partition coefficient (Wildman–Crippen LogP) is 3.10. The molecule has 1 aliphatic carbocycles. The molecular weight excluding hydrogens is 489 g/mol. The summed E-state index contributed by atoms with van der Waals surface area (Å²) in [7, 11) is 1.83. The maximum atomic E-state index is 5.84. The first-order chi connectivity index (χ1) is 13.2. The summed E-state index contributed by atoms with van der Waals surface area (Å²) in [5.74, 6) is 0.870. The number of halogens is 2. The van der Waals surface area contributed by atoms with Crippen LogP contribution in [0.1, 0.15) is 37.7 Å². The van der Waals surface area contributed by atoms with Crippen LogP contribution < -0.4 is 10.6 Å². The van der Waals surface area contributed by atoms with Crippen LogP contribution in [0.25, 0.3) is 0 Å². The van der Waals surface area contributed by atoms with Gasteiger partial charge < -0.3 is 15.4 Å². The fourth-order valence-electron chi connectivity index (χ4n) is 4.20. The number of pyridine rings is 1. The van der Waals surface area contributed by atoms with E-state index >= 15 is 0 Å². The van der Waals surface area contributed by atoms with Gasteiger partial charge in [0.15, 0.2) is 5.96 Å². The quantitative estimate of drug-likeness (QED) is 0.261. The number of morpholine rings is 1. The van der Waals surface area contributed by atoms with E-state index in [9.17, 15) is 0 Å². The van der Waals surface area contributed by atoms with Gasteiger partial charge >= 0.3 is 0 Å². The third-order valence-corrected chi connectivity index (χ3v) is 5.99. The average Bonchev–Trinajstić information content (AvgIpc) is 2.73. The van der Waals surface area contributed by atoms with E-state index in [1.807, 2.05) is 25.4 Å². The Labute approximate surface area is 190 Å². The molecule has 0 amide bonds. The van der Waals surface area contributed by atoms with E-state index < -0.39 is 0 Å². The van der Waals surface area contributed by atoms with Crippen molar-refractivity contribution >= 4 is 41.5 Å². The molecule has 3 rings (SSSR count). The number of aliphatic imine (C=N–C) groups is 1. The number of ether oxygens (including phenoxy) is 1. The Kier molecular flexibility index (Phi) is 10.3. The Bertz CT molecular complexity index is 601. The highest BCUT2D eigenvalue weighted by molar-refractivity contribution is 14.0. The molecule has 1 saturated carbocycles. The van der Waals surface area contributed by atoms with Crippen molar-refractivity contribution < 1.29 is 4.74 Å². The number of nitrogens with zero attached hydrogens (tertiary/aromatic N) is 3. The maximum absolute atomic E-state index is 5.84. The number of nitrogens with one attached hydrogen (secondary N) is 2. The number of aromatic nitrogens is 1. The highest BCUT2D eigenvalue weighted by Gasteiger charge is 2.38. The van der Waals surface area contributed by atoms with Crippen LogP contribution in [0.4, 0.5) is 0 Å². The Balaban J connectivity index is 0.00000280. The highest BCUT2D eigenvalue weighted by Crippen LogP contribution is 2.33. The van der Waals surface area contributed by atoms with Crippen LogP contribution in [-0.2, 0) is 11.2 Å². The average molecular weight is 522 g/mol. The van der Waals surface area contributed by atoms with Gasteiger partial charge in [-0.15, -0.1) is 24.0 Å². The molecule has 2 fully saturated rings. The lowest BCUT2D eigenvalue weighted by Crippen LogP contribution is -2.60. The Morgan fingerprint density at radius 3 is 2.61 bits per heavy atom. The van der Waals surface area contributed by atoms with Crippen molar-refractivity contribution in [3.05, 3.63) is 29.0 Å². The topological polar surface area (TPSA) is 61.8 Å². The second kappa shape index (κ2) is 12.1. The van der Waals surface area contributed by atoms with Gasteiger partial charge in [0.05, 0.1) is 13.2 Å². The van der Waals surface area contributed by atoms with Gasteiger partial charge in [0.2, 0.25) is 0 Å². The summed E-state index contributed by atoms with van der Waals surface area (Å²) in [6.07, 6.45) is 9.22. The molecule has 1 aliphatic heterocycles. The summed E-state index contributed by atoms with van der Waals surface area (Å²) in [6, 6.07) is 3.85. The molecule has 0 spiro atoms. The molecule has 0 aromatic carbocycles. The molecule has 0 bridgehead atoms. The van der Waals surface area contributed by atoms with E-state index in [0.29, 0.717) is 5.15 Å². The standard InChI is InChI=1S/C20H32ClN5O.HI/c1-22-19(23-10-7-17-5-6-18(21)24-15-17)25-16-20(8-3-2-4-9-20)26-11-13-27-14-12-26;/h5-6,15H,2-4,7-14,16H2,1H3,(H2,22,23,25);1H. The van der Waals surface area contributed by atoms with E-state index in [1.165, 1.54) is 37.7 Å². The van der Waals surface area contributed by atoms with Crippen LogP contribution in [0.15, 0.2) is 23.3 Å². The van der Waals surface area contributed by atoms with E-state index in [1.54, 1.807) is 0 Å². The smallest absolute Gasteiger partial charge is 0.191 e. The van der Waals surface area contributed by atoms with Crippen molar-refractivity contribution in [2.24, 2.45) is 4.99 Å². The molecule has 0 atom stereocenters. The van der Waals surface area contributed by atoms with Gasteiger partial charge in [-0.1, -0.05) is 36.9 Å². The zero-order valence-electron chi connectivity index (χ0n) is 16.8. The SMILES string of the molecule is CN=C(NCCc1ccc(Cl)nc1)NCC1(N2CCOCC2)CCCCC1.I. The third-order valence-electron chi connectivity index (χ3n) is 5.77. The first-order valence-corrected chi connectivity index (χ1v) is 10.5. The van der Waals surface area contributed by atoms with Crippen molar-refractivity contribution in [1.29, 1.82) is 0 Å². The van der Waals surface area contributed by atoms with Crippen molar-refractivity contribution in [2.45, 2.75) is 44.1 Å². The van der Waals surface area contributed by atoms with Crippen LogP contribution in [0.5, 0.6) is 0 Å². The molecule has 2 N–H and O–H groups in total. The lowest BCUT2D eigenvalue weighted by atomic mass is 9.80. The largest absolute Gasteiger partial charge is 0.379 e. The molecule has 2 aliphatic rings. The third kappa shape index (κ3) is 6.71. The van der Waals surface area contributed by atoms with Gasteiger partial charge in [0.25, 0.3) is 0 Å². The summed E-state index contributed by atoms with van der Waals surface area (Å²) >= 11 is 5.84. The lowest BCUT2D eigenvalue weighted by Gasteiger charge is -2.48. The first-order valence-electron chi connectivity index (χ1n) is 10.1. The molecular formula is C20H33ClIN5O. The Morgan fingerprint density at radius 2 is 1.96 bits per heavy atom. The molecule has 1 saturated heterocycles. The van der Waals surface area contributed by atoms with E-state index in [0.717, 1.165) is 51.8 Å². The number of guanidine groups is 1. The fourth-order valence-corrected chi connectivity index (χ4v) is 4.31. The molecule has 1 aromatic rings. The van der Waals surface area contributed by atoms with Crippen LogP contribution >= 0.6 is 35.6 Å². The Hall–Kier alpha value is -0.640. The van der Waals surface area contributed by atoms with Crippen molar-refractivity contribution in [2.75, 3.05) is 46.4 Å². The zero-order chi connectivity index (χ0) is 19.0. The summed E-state index contributed by atoms with van der Waals surface area (Å²) < 4.78 is 5.57. The van der Waals surface area contributed by atoms with Gasteiger partial charge in [0.1, 0.15) is 5.15 Å². The molecule has 28 heavy (non-hydrogen) atoms. The molecule has 6 nitrogen and oxygen atoms in total. The van der Waals surface area contributed by atoms with Crippen molar-refractivity contribution in [3.8, 4) is 0 Å². The Morgan fingerprint density at radius 1 is 1.21 bits per heavy atom. The predicted molar refractivity (Wildman–Crippen MR) is 126 cm³/mol. The summed E-state index contributed by atoms with van der Waals surface area (Å²) in [4.78, 5) is 11.2. The van der Waals surface area contributed by atoms with Crippen molar-refractivity contribution in [3.63, 3.8) is 0 Å². The van der Waals surface area contributed by atoms with Crippen LogP contribution in [-0.4, -0.2) is 67.8 Å². The lowest BCUT2D eigenvalue weighted by molar-refractivity contribution is -0.0352. The van der Waals surface area contributed by atoms with Gasteiger partial charge in [-0.05, 0) is 30.9 Å². The summed E-state index contributed by atoms with van der Waals surface area (Å²) in [5.41, 5.74) is 1.40. The van der Waals surface area contributed by atoms with Gasteiger partial charge in [0, 0.05) is 45.0 Å². The van der Waals surface area contributed by atoms with E-state index in [4.69, 9.17) is 16.3 Å². The highest BCUT2D eigenvalue weighted by atomic mass is 127. The first kappa shape index (κ1) is 23.6. The summed E-state index contributed by atoms with van der Waals surface area (Å²) in [6.45, 7) is 5.53. The normalized spacial score (nSPS) is 20.3. The van der Waals surface area contributed by atoms with Crippen LogP contribution in [0.2, 0.25) is 5.15 Å². The van der Waals surface area contributed by atoms with Gasteiger partial charge in [-0.3, -0.25) is 9.89 Å². The minimum absolute atomic E-state index is 0. The number of hydrogen-bond acceptors (Lipinski definition) is 4. The monoisotopic (exact) mass is 521 g/mol. The molecule has 1 aromatic heterocycles. The van der Waals surface area contributed by atoms with E-state index in [2.05, 4.69) is 25.5 Å². The minimum atomic E-state index is 0. The molecule has 158 valence electrons. The van der Waals surface area contributed by atoms with Crippen LogP contribution in [0, 0.1) is 0 Å². The fraction of sp³-hybridized carbons (Fsp3) is 0.700. The minimum Gasteiger partial charge on any atom is -0.379 e. The second-order valence-electron chi connectivity index (χ2n) is 7.48. The van der Waals surface area contributed by atoms with Gasteiger partial charge in [-0.2, -0.15) is 0 Å². The number of rotatable bonds is 6. The zero-order valence-corrected chi connectivity index (χ0v) is 19.8. The summed E-state index contributed by atoms with van der Waals surface area (Å²) in [5, 5.41) is 7.55. The van der Waals surface area contributed by atoms with Crippen molar-refractivity contribution in [1.82, 2.24) is 20.5 Å². The molecule has 0 radical (unpaired) electrons. The molecule has 8 heteroatoms. The second-order valence-corrected chi connectivity index (χ2v) is 7.86. The number of hydrogen-bond donors (Lipinski definition) is 2. The van der Waals surface area contributed by atoms with Crippen LogP contribution in [0.3, 0.4) is 0 Å². The van der Waals surface area contributed by atoms with E-state index in [-0.39, 0.29) is 29.5 Å². The maximum Gasteiger partial charge on any atom is 0.191 e. The molecule has 0 unspecified atom stereocenters.